The summed E-state index contributed by atoms with van der Waals surface area (Å²) in [6.45, 7) is 0. The summed E-state index contributed by atoms with van der Waals surface area (Å²) in [6, 6.07) is 20.1. The first-order chi connectivity index (χ1) is 14.4. The molecule has 0 aliphatic carbocycles. The van der Waals surface area contributed by atoms with Gasteiger partial charge in [-0.3, -0.25) is 4.79 Å². The lowest BCUT2D eigenvalue weighted by Crippen LogP contribution is -2.49. The van der Waals surface area contributed by atoms with Crippen molar-refractivity contribution >= 4 is 33.2 Å². The van der Waals surface area contributed by atoms with E-state index in [9.17, 15) is 18.0 Å². The fourth-order valence-electron chi connectivity index (χ4n) is 3.27. The molecule has 0 saturated heterocycles. The van der Waals surface area contributed by atoms with Crippen LogP contribution < -0.4 is 16.0 Å². The molecule has 1 aliphatic heterocycles. The number of anilines is 2. The Labute approximate surface area is 174 Å². The molecule has 152 valence electrons. The van der Waals surface area contributed by atoms with Crippen molar-refractivity contribution in [3.8, 4) is 0 Å². The van der Waals surface area contributed by atoms with E-state index in [0.717, 1.165) is 11.3 Å². The first-order valence-corrected chi connectivity index (χ1v) is 10.8. The number of nitrogens with one attached hydrogen (secondary N) is 3. The number of para-hydroxylation sites is 1. The number of urea groups is 1. The van der Waals surface area contributed by atoms with Gasteiger partial charge < -0.3 is 16.0 Å². The molecule has 0 bridgehead atoms. The van der Waals surface area contributed by atoms with Crippen LogP contribution in [0.2, 0.25) is 0 Å². The second-order valence-electron chi connectivity index (χ2n) is 6.85. The SMILES string of the molecule is O=C(Nc1cccc(S(=O)(=O)c2ccccc2)c1)NC1Cc2ccccc2NC1=O. The predicted molar refractivity (Wildman–Crippen MR) is 113 cm³/mol. The molecule has 1 heterocycles. The summed E-state index contributed by atoms with van der Waals surface area (Å²) in [7, 11) is -3.70. The van der Waals surface area contributed by atoms with E-state index in [1.165, 1.54) is 24.3 Å². The fourth-order valence-corrected chi connectivity index (χ4v) is 4.60. The van der Waals surface area contributed by atoms with Crippen molar-refractivity contribution in [3.63, 3.8) is 0 Å². The molecule has 4 rings (SSSR count). The highest BCUT2D eigenvalue weighted by molar-refractivity contribution is 7.91. The van der Waals surface area contributed by atoms with E-state index in [1.54, 1.807) is 30.3 Å². The Balaban J connectivity index is 1.47. The number of fused-ring (bicyclic) bond motifs is 1. The summed E-state index contributed by atoms with van der Waals surface area (Å²) >= 11 is 0. The molecule has 3 aromatic rings. The van der Waals surface area contributed by atoms with Crippen LogP contribution in [0.5, 0.6) is 0 Å². The zero-order chi connectivity index (χ0) is 21.1. The Kier molecular flexibility index (Phi) is 5.24. The number of hydrogen-bond acceptors (Lipinski definition) is 4. The maximum atomic E-state index is 12.8. The number of carbonyl (C=O) groups excluding carboxylic acids is 2. The lowest BCUT2D eigenvalue weighted by molar-refractivity contribution is -0.118. The lowest BCUT2D eigenvalue weighted by Gasteiger charge is -2.25. The second kappa shape index (κ2) is 8.00. The highest BCUT2D eigenvalue weighted by atomic mass is 32.2. The molecule has 3 amide bonds. The van der Waals surface area contributed by atoms with Crippen LogP contribution in [0.3, 0.4) is 0 Å². The van der Waals surface area contributed by atoms with Crippen LogP contribution in [0, 0.1) is 0 Å². The van der Waals surface area contributed by atoms with Gasteiger partial charge in [0.25, 0.3) is 0 Å². The zero-order valence-corrected chi connectivity index (χ0v) is 16.6. The Morgan fingerprint density at radius 1 is 0.900 bits per heavy atom. The average molecular weight is 421 g/mol. The maximum absolute atomic E-state index is 12.8. The minimum atomic E-state index is -3.70. The van der Waals surface area contributed by atoms with Gasteiger partial charge in [-0.25, -0.2) is 13.2 Å². The van der Waals surface area contributed by atoms with Crippen molar-refractivity contribution in [3.05, 3.63) is 84.4 Å². The van der Waals surface area contributed by atoms with Crippen molar-refractivity contribution < 1.29 is 18.0 Å². The number of hydrogen-bond donors (Lipinski definition) is 3. The number of sulfone groups is 1. The summed E-state index contributed by atoms with van der Waals surface area (Å²) in [5, 5.41) is 8.01. The molecule has 7 nitrogen and oxygen atoms in total. The topological polar surface area (TPSA) is 104 Å². The monoisotopic (exact) mass is 421 g/mol. The van der Waals surface area contributed by atoms with E-state index in [-0.39, 0.29) is 15.7 Å². The molecule has 0 fully saturated rings. The van der Waals surface area contributed by atoms with E-state index in [0.29, 0.717) is 12.1 Å². The van der Waals surface area contributed by atoms with Crippen LogP contribution in [-0.2, 0) is 21.1 Å². The quantitative estimate of drug-likeness (QED) is 0.602. The third-order valence-corrected chi connectivity index (χ3v) is 6.54. The molecule has 30 heavy (non-hydrogen) atoms. The van der Waals surface area contributed by atoms with E-state index in [4.69, 9.17) is 0 Å². The van der Waals surface area contributed by atoms with Gasteiger partial charge in [0.1, 0.15) is 6.04 Å². The largest absolute Gasteiger partial charge is 0.326 e. The smallest absolute Gasteiger partial charge is 0.319 e. The molecule has 1 unspecified atom stereocenters. The van der Waals surface area contributed by atoms with Crippen molar-refractivity contribution in [1.29, 1.82) is 0 Å². The Hall–Kier alpha value is -3.65. The van der Waals surface area contributed by atoms with E-state index in [2.05, 4.69) is 16.0 Å². The van der Waals surface area contributed by atoms with E-state index >= 15 is 0 Å². The van der Waals surface area contributed by atoms with Crippen LogP contribution in [0.1, 0.15) is 5.56 Å². The highest BCUT2D eigenvalue weighted by Gasteiger charge is 2.27. The van der Waals surface area contributed by atoms with Crippen LogP contribution in [0.15, 0.2) is 88.7 Å². The molecule has 0 saturated carbocycles. The second-order valence-corrected chi connectivity index (χ2v) is 8.80. The number of benzene rings is 3. The summed E-state index contributed by atoms with van der Waals surface area (Å²) in [5.74, 6) is -0.302. The molecule has 1 atom stereocenters. The molecule has 1 aliphatic rings. The highest BCUT2D eigenvalue weighted by Crippen LogP contribution is 2.24. The van der Waals surface area contributed by atoms with Gasteiger partial charge in [0.2, 0.25) is 15.7 Å². The fraction of sp³-hybridized carbons (Fsp3) is 0.0909. The van der Waals surface area contributed by atoms with Crippen LogP contribution in [-0.4, -0.2) is 26.4 Å². The van der Waals surface area contributed by atoms with Gasteiger partial charge in [-0.15, -0.1) is 0 Å². The lowest BCUT2D eigenvalue weighted by atomic mass is 9.99. The van der Waals surface area contributed by atoms with Gasteiger partial charge >= 0.3 is 6.03 Å². The minimum absolute atomic E-state index is 0.0656. The number of carbonyl (C=O) groups is 2. The zero-order valence-electron chi connectivity index (χ0n) is 15.8. The first kappa shape index (κ1) is 19.7. The van der Waals surface area contributed by atoms with Gasteiger partial charge in [0, 0.05) is 17.8 Å². The van der Waals surface area contributed by atoms with Gasteiger partial charge in [-0.2, -0.15) is 0 Å². The Morgan fingerprint density at radius 2 is 1.60 bits per heavy atom. The number of rotatable bonds is 4. The number of amides is 3. The molecular formula is C22H19N3O4S. The molecule has 3 aromatic carbocycles. The molecule has 0 radical (unpaired) electrons. The predicted octanol–water partition coefficient (Wildman–Crippen LogP) is 3.20. The van der Waals surface area contributed by atoms with Gasteiger partial charge in [-0.1, -0.05) is 42.5 Å². The molecule has 3 N–H and O–H groups in total. The van der Waals surface area contributed by atoms with E-state index in [1.807, 2.05) is 24.3 Å². The molecular weight excluding hydrogens is 402 g/mol. The van der Waals surface area contributed by atoms with Gasteiger partial charge in [0.05, 0.1) is 9.79 Å². The van der Waals surface area contributed by atoms with Gasteiger partial charge in [0.15, 0.2) is 0 Å². The van der Waals surface area contributed by atoms with Crippen LogP contribution in [0.4, 0.5) is 16.2 Å². The van der Waals surface area contributed by atoms with Crippen molar-refractivity contribution in [1.82, 2.24) is 5.32 Å². The van der Waals surface area contributed by atoms with Crippen molar-refractivity contribution in [2.45, 2.75) is 22.3 Å². The summed E-state index contributed by atoms with van der Waals surface area (Å²) in [6.07, 6.45) is 0.373. The van der Waals surface area contributed by atoms with Crippen LogP contribution in [0.25, 0.3) is 0 Å². The molecule has 8 heteroatoms. The Morgan fingerprint density at radius 3 is 2.40 bits per heavy atom. The van der Waals surface area contributed by atoms with Crippen LogP contribution >= 0.6 is 0 Å². The summed E-state index contributed by atoms with van der Waals surface area (Å²) in [4.78, 5) is 24.9. The van der Waals surface area contributed by atoms with Crippen molar-refractivity contribution in [2.24, 2.45) is 0 Å². The van der Waals surface area contributed by atoms with Gasteiger partial charge in [-0.05, 0) is 42.0 Å². The minimum Gasteiger partial charge on any atom is -0.326 e. The molecule has 0 spiro atoms. The normalized spacial score (nSPS) is 15.6. The molecule has 0 aromatic heterocycles. The first-order valence-electron chi connectivity index (χ1n) is 9.30. The third-order valence-electron chi connectivity index (χ3n) is 4.78. The van der Waals surface area contributed by atoms with Crippen molar-refractivity contribution in [2.75, 3.05) is 10.6 Å². The summed E-state index contributed by atoms with van der Waals surface area (Å²) in [5.41, 5.74) is 1.97. The van der Waals surface area contributed by atoms with E-state index < -0.39 is 21.9 Å². The summed E-state index contributed by atoms with van der Waals surface area (Å²) < 4.78 is 25.5. The maximum Gasteiger partial charge on any atom is 0.319 e. The third kappa shape index (κ3) is 4.04. The average Bonchev–Trinajstić information content (AvgIpc) is 2.75. The standard InChI is InChI=1S/C22H19N3O4S/c26-21-20(13-15-7-4-5-12-19(15)24-21)25-22(27)23-16-8-6-11-18(14-16)30(28,29)17-9-2-1-3-10-17/h1-12,14,20H,13H2,(H,24,26)(H2,23,25,27). The Bertz CT molecular complexity index is 1210.